The number of hydrogen-bond acceptors (Lipinski definition) is 2. The first-order valence-electron chi connectivity index (χ1n) is 7.72. The third-order valence-electron chi connectivity index (χ3n) is 6.37. The van der Waals surface area contributed by atoms with Gasteiger partial charge in [-0.15, -0.1) is 11.3 Å². The van der Waals surface area contributed by atoms with E-state index >= 15 is 0 Å². The summed E-state index contributed by atoms with van der Waals surface area (Å²) in [7, 11) is 0. The first kappa shape index (κ1) is 13.6. The number of hydrogen-bond donors (Lipinski definition) is 1. The molecule has 1 aromatic rings. The van der Waals surface area contributed by atoms with Crippen molar-refractivity contribution in [3.63, 3.8) is 0 Å². The van der Waals surface area contributed by atoms with E-state index in [9.17, 15) is 0 Å². The van der Waals surface area contributed by atoms with Crippen LogP contribution in [0.1, 0.15) is 51.8 Å². The second-order valence-electron chi connectivity index (χ2n) is 7.51. The zero-order chi connectivity index (χ0) is 13.7. The van der Waals surface area contributed by atoms with Gasteiger partial charge in [-0.1, -0.05) is 26.8 Å². The Morgan fingerprint density at radius 2 is 2.21 bits per heavy atom. The van der Waals surface area contributed by atoms with Crippen molar-refractivity contribution in [3.05, 3.63) is 22.4 Å². The van der Waals surface area contributed by atoms with Gasteiger partial charge in [0.05, 0.1) is 0 Å². The van der Waals surface area contributed by atoms with Crippen molar-refractivity contribution in [1.29, 1.82) is 0 Å². The van der Waals surface area contributed by atoms with Gasteiger partial charge < -0.3 is 5.32 Å². The molecule has 0 spiro atoms. The second-order valence-corrected chi connectivity index (χ2v) is 8.55. The fraction of sp³-hybridized carbons (Fsp3) is 0.765. The van der Waals surface area contributed by atoms with Crippen LogP contribution in [-0.2, 0) is 6.42 Å². The van der Waals surface area contributed by atoms with Crippen LogP contribution in [0.3, 0.4) is 0 Å². The molecule has 2 aliphatic rings. The van der Waals surface area contributed by atoms with E-state index in [-0.39, 0.29) is 0 Å². The van der Waals surface area contributed by atoms with Crippen LogP contribution in [0.2, 0.25) is 0 Å². The number of nitrogens with one attached hydrogen (secondary N) is 1. The van der Waals surface area contributed by atoms with Crippen LogP contribution in [-0.4, -0.2) is 12.1 Å². The average Bonchev–Trinajstić information content (AvgIpc) is 2.95. The smallest absolute Gasteiger partial charge is 0.0131 e. The van der Waals surface area contributed by atoms with E-state index in [0.717, 1.165) is 12.0 Å². The zero-order valence-corrected chi connectivity index (χ0v) is 13.5. The molecule has 2 aliphatic carbocycles. The monoisotopic (exact) mass is 277 g/mol. The van der Waals surface area contributed by atoms with Crippen LogP contribution < -0.4 is 5.32 Å². The van der Waals surface area contributed by atoms with Gasteiger partial charge in [-0.25, -0.2) is 0 Å². The van der Waals surface area contributed by atoms with Crippen molar-refractivity contribution >= 4 is 11.3 Å². The Hall–Kier alpha value is -0.340. The van der Waals surface area contributed by atoms with Gasteiger partial charge in [0, 0.05) is 17.0 Å². The summed E-state index contributed by atoms with van der Waals surface area (Å²) in [6.45, 7) is 9.87. The summed E-state index contributed by atoms with van der Waals surface area (Å²) in [4.78, 5) is 1.51. The van der Waals surface area contributed by atoms with Gasteiger partial charge in [-0.3, -0.25) is 0 Å². The highest BCUT2D eigenvalue weighted by atomic mass is 32.1. The molecule has 19 heavy (non-hydrogen) atoms. The fourth-order valence-corrected chi connectivity index (χ4v) is 5.42. The van der Waals surface area contributed by atoms with E-state index in [1.165, 1.54) is 30.6 Å². The van der Waals surface area contributed by atoms with Crippen LogP contribution in [0.25, 0.3) is 0 Å². The van der Waals surface area contributed by atoms with E-state index < -0.39 is 0 Å². The maximum atomic E-state index is 3.95. The Labute approximate surface area is 121 Å². The molecule has 2 heteroatoms. The molecule has 1 nitrogen and oxygen atoms in total. The summed E-state index contributed by atoms with van der Waals surface area (Å²) in [6, 6.07) is 5.73. The van der Waals surface area contributed by atoms with Crippen molar-refractivity contribution in [2.75, 3.05) is 0 Å². The van der Waals surface area contributed by atoms with Crippen LogP contribution in [0, 0.1) is 16.7 Å². The maximum Gasteiger partial charge on any atom is 0.0131 e. The SMILES string of the molecule is CC(Cc1cccs1)NC1CC2CCC1(C)C2(C)C. The Balaban J connectivity index is 1.65. The van der Waals surface area contributed by atoms with Crippen LogP contribution >= 0.6 is 11.3 Å². The highest BCUT2D eigenvalue weighted by Crippen LogP contribution is 2.65. The maximum absolute atomic E-state index is 3.95. The molecule has 3 rings (SSSR count). The first-order valence-corrected chi connectivity index (χ1v) is 8.60. The van der Waals surface area contributed by atoms with Gasteiger partial charge >= 0.3 is 0 Å². The fourth-order valence-electron chi connectivity index (χ4n) is 4.59. The molecule has 2 bridgehead atoms. The summed E-state index contributed by atoms with van der Waals surface area (Å²) in [5.74, 6) is 0.934. The summed E-state index contributed by atoms with van der Waals surface area (Å²) < 4.78 is 0. The summed E-state index contributed by atoms with van der Waals surface area (Å²) in [5.41, 5.74) is 1.02. The van der Waals surface area contributed by atoms with Gasteiger partial charge in [0.25, 0.3) is 0 Å². The molecular formula is C17H27NS. The zero-order valence-electron chi connectivity index (χ0n) is 12.7. The van der Waals surface area contributed by atoms with Crippen LogP contribution in [0.4, 0.5) is 0 Å². The standard InChI is InChI=1S/C17H27NS/c1-12(10-14-6-5-9-19-14)18-15-11-13-7-8-17(15,4)16(13,2)3/h5-6,9,12-13,15,18H,7-8,10-11H2,1-4H3. The van der Waals surface area contributed by atoms with Crippen molar-refractivity contribution in [3.8, 4) is 0 Å². The lowest BCUT2D eigenvalue weighted by atomic mass is 9.69. The molecule has 1 aromatic heterocycles. The van der Waals surface area contributed by atoms with E-state index in [4.69, 9.17) is 0 Å². The molecule has 0 amide bonds. The molecule has 0 saturated heterocycles. The Bertz CT molecular complexity index is 436. The summed E-state index contributed by atoms with van der Waals surface area (Å²) >= 11 is 1.88. The number of fused-ring (bicyclic) bond motifs is 2. The molecule has 1 N–H and O–H groups in total. The highest BCUT2D eigenvalue weighted by Gasteiger charge is 2.61. The summed E-state index contributed by atoms with van der Waals surface area (Å²) in [6.07, 6.45) is 5.42. The molecule has 2 fully saturated rings. The van der Waals surface area contributed by atoms with Crippen molar-refractivity contribution < 1.29 is 0 Å². The van der Waals surface area contributed by atoms with E-state index in [1.54, 1.807) is 0 Å². The number of rotatable bonds is 4. The lowest BCUT2D eigenvalue weighted by molar-refractivity contribution is 0.116. The van der Waals surface area contributed by atoms with Gasteiger partial charge in [-0.05, 0) is 60.8 Å². The molecular weight excluding hydrogens is 250 g/mol. The molecule has 0 aromatic carbocycles. The molecule has 0 radical (unpaired) electrons. The topological polar surface area (TPSA) is 12.0 Å². The van der Waals surface area contributed by atoms with Crippen LogP contribution in [0.15, 0.2) is 17.5 Å². The molecule has 1 heterocycles. The quantitative estimate of drug-likeness (QED) is 0.855. The lowest BCUT2D eigenvalue weighted by Gasteiger charge is -2.40. The predicted molar refractivity (Wildman–Crippen MR) is 83.6 cm³/mol. The molecule has 106 valence electrons. The molecule has 2 saturated carbocycles. The van der Waals surface area contributed by atoms with Gasteiger partial charge in [-0.2, -0.15) is 0 Å². The van der Waals surface area contributed by atoms with Gasteiger partial charge in [0.15, 0.2) is 0 Å². The minimum atomic E-state index is 0.501. The minimum absolute atomic E-state index is 0.501. The summed E-state index contributed by atoms with van der Waals surface area (Å²) in [5, 5.41) is 6.14. The largest absolute Gasteiger partial charge is 0.311 e. The van der Waals surface area contributed by atoms with Crippen LogP contribution in [0.5, 0.6) is 0 Å². The van der Waals surface area contributed by atoms with Crippen molar-refractivity contribution in [2.45, 2.75) is 65.5 Å². The van der Waals surface area contributed by atoms with Crippen molar-refractivity contribution in [2.24, 2.45) is 16.7 Å². The third-order valence-corrected chi connectivity index (χ3v) is 7.27. The van der Waals surface area contributed by atoms with E-state index in [1.807, 2.05) is 11.3 Å². The second kappa shape index (κ2) is 4.60. The van der Waals surface area contributed by atoms with Gasteiger partial charge in [0.2, 0.25) is 0 Å². The Morgan fingerprint density at radius 3 is 2.74 bits per heavy atom. The Morgan fingerprint density at radius 1 is 1.42 bits per heavy atom. The van der Waals surface area contributed by atoms with E-state index in [2.05, 4.69) is 50.5 Å². The average molecular weight is 277 g/mol. The lowest BCUT2D eigenvalue weighted by Crippen LogP contribution is -2.48. The molecule has 4 unspecified atom stereocenters. The van der Waals surface area contributed by atoms with Gasteiger partial charge in [0.1, 0.15) is 0 Å². The highest BCUT2D eigenvalue weighted by molar-refractivity contribution is 7.09. The normalized spacial score (nSPS) is 37.7. The molecule has 4 atom stereocenters. The van der Waals surface area contributed by atoms with Crippen molar-refractivity contribution in [1.82, 2.24) is 5.32 Å². The minimum Gasteiger partial charge on any atom is -0.311 e. The molecule has 0 aliphatic heterocycles. The number of thiophene rings is 1. The third kappa shape index (κ3) is 2.08. The Kier molecular flexibility index (Phi) is 3.30. The first-order chi connectivity index (χ1) is 8.93. The predicted octanol–water partition coefficient (Wildman–Crippen LogP) is 4.48. The van der Waals surface area contributed by atoms with E-state index in [0.29, 0.717) is 16.9 Å².